The Morgan fingerprint density at radius 2 is 1.62 bits per heavy atom. The van der Waals surface area contributed by atoms with Crippen molar-refractivity contribution in [3.05, 3.63) is 101 Å². The summed E-state index contributed by atoms with van der Waals surface area (Å²) in [6.07, 6.45) is -1.60. The summed E-state index contributed by atoms with van der Waals surface area (Å²) in [5.41, 5.74) is 1.11. The number of likely N-dealkylation sites (tertiary alicyclic amines) is 1. The zero-order valence-corrected chi connectivity index (χ0v) is 25.1. The highest BCUT2D eigenvalue weighted by Crippen LogP contribution is 2.37. The molecule has 0 bridgehead atoms. The second-order valence-electron chi connectivity index (χ2n) is 11.2. The third-order valence-electron chi connectivity index (χ3n) is 8.04. The molecule has 1 saturated heterocycles. The van der Waals surface area contributed by atoms with Crippen molar-refractivity contribution < 1.29 is 41.8 Å². The Kier molecular flexibility index (Phi) is 10.8. The fourth-order valence-corrected chi connectivity index (χ4v) is 5.66. The van der Waals surface area contributed by atoms with Crippen LogP contribution >= 0.6 is 0 Å². The number of nitrogens with zero attached hydrogens (tertiary/aromatic N) is 1. The summed E-state index contributed by atoms with van der Waals surface area (Å²) in [6, 6.07) is 19.5. The Balaban J connectivity index is 1.55. The van der Waals surface area contributed by atoms with Gasteiger partial charge in [0.25, 0.3) is 5.91 Å². The largest absolute Gasteiger partial charge is 0.491 e. The minimum Gasteiger partial charge on any atom is -0.423 e. The van der Waals surface area contributed by atoms with E-state index in [2.05, 4.69) is 28.9 Å². The topological polar surface area (TPSA) is 102 Å². The number of hydrogen-bond donors (Lipinski definition) is 1. The fourth-order valence-electron chi connectivity index (χ4n) is 5.66. The van der Waals surface area contributed by atoms with E-state index in [9.17, 15) is 32.3 Å². The third-order valence-corrected chi connectivity index (χ3v) is 8.04. The molecule has 1 amide bonds. The molecule has 0 aliphatic carbocycles. The molecule has 1 heterocycles. The second kappa shape index (κ2) is 14.5. The molecule has 0 radical (unpaired) electrons. The summed E-state index contributed by atoms with van der Waals surface area (Å²) in [5.74, 6) is -5.79. The Morgan fingerprint density at radius 1 is 0.933 bits per heavy atom. The first-order valence-electron chi connectivity index (χ1n) is 14.7. The SMILES string of the molecule is CCC1(c2cccc(OC(=O)c3ccccc3C(=O)N[C@@H](Cc3ccccc3)C(=O)OC(=O)C(F)(F)F)c2)CCCCN(C)C1. The Bertz CT molecular complexity index is 1530. The van der Waals surface area contributed by atoms with Gasteiger partial charge in [0.05, 0.1) is 11.1 Å². The molecular formula is C34H35F3N2O6. The first-order chi connectivity index (χ1) is 21.4. The van der Waals surface area contributed by atoms with E-state index in [0.29, 0.717) is 11.3 Å². The van der Waals surface area contributed by atoms with Crippen molar-refractivity contribution in [2.24, 2.45) is 0 Å². The van der Waals surface area contributed by atoms with Crippen LogP contribution in [0.4, 0.5) is 13.2 Å². The lowest BCUT2D eigenvalue weighted by Gasteiger charge is -2.35. The van der Waals surface area contributed by atoms with Crippen molar-refractivity contribution in [1.29, 1.82) is 0 Å². The minimum absolute atomic E-state index is 0.110. The van der Waals surface area contributed by atoms with Crippen LogP contribution in [0.15, 0.2) is 78.9 Å². The first-order valence-corrected chi connectivity index (χ1v) is 14.7. The van der Waals surface area contributed by atoms with E-state index in [4.69, 9.17) is 4.74 Å². The maximum absolute atomic E-state index is 13.4. The molecule has 0 saturated carbocycles. The zero-order valence-electron chi connectivity index (χ0n) is 25.1. The number of amides is 1. The molecule has 4 rings (SSSR count). The smallest absolute Gasteiger partial charge is 0.423 e. The highest BCUT2D eigenvalue weighted by molar-refractivity contribution is 6.07. The van der Waals surface area contributed by atoms with Gasteiger partial charge in [-0.05, 0) is 68.2 Å². The van der Waals surface area contributed by atoms with Gasteiger partial charge in [0, 0.05) is 18.4 Å². The van der Waals surface area contributed by atoms with E-state index in [-0.39, 0.29) is 23.0 Å². The van der Waals surface area contributed by atoms with E-state index >= 15 is 0 Å². The molecule has 1 aliphatic heterocycles. The van der Waals surface area contributed by atoms with Gasteiger partial charge in [-0.1, -0.05) is 67.9 Å². The van der Waals surface area contributed by atoms with E-state index in [1.54, 1.807) is 36.4 Å². The Morgan fingerprint density at radius 3 is 2.31 bits per heavy atom. The number of rotatable bonds is 9. The van der Waals surface area contributed by atoms with Gasteiger partial charge in [-0.25, -0.2) is 14.4 Å². The van der Waals surface area contributed by atoms with Crippen molar-refractivity contribution in [2.75, 3.05) is 20.1 Å². The number of carbonyl (C=O) groups excluding carboxylic acids is 4. The number of likely N-dealkylation sites (N-methyl/N-ethyl adjacent to an activating group) is 1. The maximum atomic E-state index is 13.4. The number of hydrogen-bond acceptors (Lipinski definition) is 7. The lowest BCUT2D eigenvalue weighted by atomic mass is 9.74. The highest BCUT2D eigenvalue weighted by Gasteiger charge is 2.43. The molecule has 11 heteroatoms. The van der Waals surface area contributed by atoms with Gasteiger partial charge in [-0.2, -0.15) is 13.2 Å². The summed E-state index contributed by atoms with van der Waals surface area (Å²) in [5, 5.41) is 2.33. The number of nitrogens with one attached hydrogen (secondary N) is 1. The van der Waals surface area contributed by atoms with Gasteiger partial charge in [-0.15, -0.1) is 0 Å². The Hall–Kier alpha value is -4.51. The van der Waals surface area contributed by atoms with Crippen molar-refractivity contribution in [3.63, 3.8) is 0 Å². The van der Waals surface area contributed by atoms with Crippen molar-refractivity contribution in [2.45, 2.75) is 56.7 Å². The van der Waals surface area contributed by atoms with Crippen LogP contribution in [0.2, 0.25) is 0 Å². The molecular weight excluding hydrogens is 589 g/mol. The highest BCUT2D eigenvalue weighted by atomic mass is 19.4. The predicted octanol–water partition coefficient (Wildman–Crippen LogP) is 5.64. The molecule has 1 unspecified atom stereocenters. The van der Waals surface area contributed by atoms with Crippen molar-refractivity contribution >= 4 is 23.8 Å². The summed E-state index contributed by atoms with van der Waals surface area (Å²) < 4.78 is 48.1. The van der Waals surface area contributed by atoms with E-state index in [1.165, 1.54) is 24.3 Å². The number of esters is 3. The molecule has 238 valence electrons. The predicted molar refractivity (Wildman–Crippen MR) is 160 cm³/mol. The normalized spacial score (nSPS) is 17.9. The number of alkyl halides is 3. The van der Waals surface area contributed by atoms with Crippen LogP contribution in [0, 0.1) is 0 Å². The van der Waals surface area contributed by atoms with Crippen LogP contribution in [0.25, 0.3) is 0 Å². The molecule has 2 atom stereocenters. The van der Waals surface area contributed by atoms with Gasteiger partial charge in [0.1, 0.15) is 11.8 Å². The number of halogens is 3. The Labute approximate surface area is 259 Å². The summed E-state index contributed by atoms with van der Waals surface area (Å²) >= 11 is 0. The molecule has 0 aromatic heterocycles. The van der Waals surface area contributed by atoms with Gasteiger partial charge >= 0.3 is 24.1 Å². The standard InChI is InChI=1S/C34H35F3N2O6/c1-3-33(18-9-10-19-39(2)22-33)24-14-11-15-25(21-24)44-30(41)27-17-8-7-16-26(27)29(40)38-28(20-23-12-5-4-6-13-23)31(42)45-32(43)34(35,36)37/h4-8,11-17,21,28H,3,9-10,18-20,22H2,1-2H3,(H,38,40)/t28-,33?/m0/s1. The van der Waals surface area contributed by atoms with Gasteiger partial charge in [0.2, 0.25) is 0 Å². The molecule has 3 aromatic rings. The fraction of sp³-hybridized carbons (Fsp3) is 0.353. The summed E-state index contributed by atoms with van der Waals surface area (Å²) in [7, 11) is 2.10. The van der Waals surface area contributed by atoms with Crippen LogP contribution in [-0.2, 0) is 26.2 Å². The monoisotopic (exact) mass is 624 g/mol. The number of benzene rings is 3. The van der Waals surface area contributed by atoms with Crippen LogP contribution in [0.3, 0.4) is 0 Å². The lowest BCUT2D eigenvalue weighted by molar-refractivity contribution is -0.202. The average molecular weight is 625 g/mol. The van der Waals surface area contributed by atoms with E-state index in [1.807, 2.05) is 18.2 Å². The molecule has 45 heavy (non-hydrogen) atoms. The van der Waals surface area contributed by atoms with Crippen LogP contribution in [-0.4, -0.2) is 61.1 Å². The third kappa shape index (κ3) is 8.57. The molecule has 1 fully saturated rings. The summed E-state index contributed by atoms with van der Waals surface area (Å²) in [4.78, 5) is 53.1. The minimum atomic E-state index is -5.41. The number of ether oxygens (including phenoxy) is 2. The number of carbonyl (C=O) groups is 4. The first kappa shape index (κ1) is 33.4. The van der Waals surface area contributed by atoms with Crippen molar-refractivity contribution in [3.8, 4) is 5.75 Å². The van der Waals surface area contributed by atoms with Gasteiger partial charge < -0.3 is 19.7 Å². The molecule has 1 aliphatic rings. The quantitative estimate of drug-likeness (QED) is 0.187. The van der Waals surface area contributed by atoms with E-state index < -0.39 is 36.0 Å². The summed E-state index contributed by atoms with van der Waals surface area (Å²) in [6.45, 7) is 4.02. The molecule has 0 spiro atoms. The average Bonchev–Trinajstić information content (AvgIpc) is 3.22. The van der Waals surface area contributed by atoms with Crippen molar-refractivity contribution in [1.82, 2.24) is 10.2 Å². The van der Waals surface area contributed by atoms with E-state index in [0.717, 1.165) is 44.3 Å². The van der Waals surface area contributed by atoms with Gasteiger partial charge in [-0.3, -0.25) is 4.79 Å². The second-order valence-corrected chi connectivity index (χ2v) is 11.2. The van der Waals surface area contributed by atoms with Gasteiger partial charge in [0.15, 0.2) is 0 Å². The molecule has 3 aromatic carbocycles. The van der Waals surface area contributed by atoms with Crippen LogP contribution in [0.5, 0.6) is 5.75 Å². The molecule has 8 nitrogen and oxygen atoms in total. The maximum Gasteiger partial charge on any atom is 0.491 e. The lowest BCUT2D eigenvalue weighted by Crippen LogP contribution is -2.45. The van der Waals surface area contributed by atoms with Crippen LogP contribution < -0.4 is 10.1 Å². The zero-order chi connectivity index (χ0) is 32.6. The molecule has 1 N–H and O–H groups in total. The van der Waals surface area contributed by atoms with Crippen LogP contribution in [0.1, 0.15) is 64.4 Å².